The van der Waals surface area contributed by atoms with Crippen molar-refractivity contribution in [3.05, 3.63) is 64.4 Å². The smallest absolute Gasteiger partial charge is 0.148 e. The molecule has 2 aromatic carbocycles. The van der Waals surface area contributed by atoms with Crippen molar-refractivity contribution in [2.75, 3.05) is 6.54 Å². The molecule has 0 saturated heterocycles. The molecule has 0 atom stereocenters. The van der Waals surface area contributed by atoms with Gasteiger partial charge in [0.15, 0.2) is 0 Å². The van der Waals surface area contributed by atoms with Gasteiger partial charge in [0, 0.05) is 12.1 Å². The zero-order chi connectivity index (χ0) is 14.4. The molecule has 0 aromatic heterocycles. The molecule has 2 nitrogen and oxygen atoms in total. The first-order valence-corrected chi connectivity index (χ1v) is 6.94. The number of nitrogens with one attached hydrogen (secondary N) is 1. The van der Waals surface area contributed by atoms with Gasteiger partial charge in [0.2, 0.25) is 0 Å². The Morgan fingerprint density at radius 2 is 1.90 bits per heavy atom. The summed E-state index contributed by atoms with van der Waals surface area (Å²) >= 11 is 5.73. The van der Waals surface area contributed by atoms with Gasteiger partial charge in [-0.15, -0.1) is 0 Å². The maximum Gasteiger partial charge on any atom is 0.148 e. The Kier molecular flexibility index (Phi) is 5.39. The number of rotatable bonds is 6. The first-order chi connectivity index (χ1) is 9.70. The van der Waals surface area contributed by atoms with Gasteiger partial charge in [-0.3, -0.25) is 0 Å². The summed E-state index contributed by atoms with van der Waals surface area (Å²) < 4.78 is 19.3. The zero-order valence-corrected chi connectivity index (χ0v) is 12.1. The van der Waals surface area contributed by atoms with Crippen LogP contribution < -0.4 is 10.1 Å². The summed E-state index contributed by atoms with van der Waals surface area (Å²) in [5.41, 5.74) is 1.64. The highest BCUT2D eigenvalue weighted by Crippen LogP contribution is 2.20. The molecule has 2 aromatic rings. The van der Waals surface area contributed by atoms with E-state index in [-0.39, 0.29) is 11.6 Å². The van der Waals surface area contributed by atoms with Gasteiger partial charge in [-0.25, -0.2) is 4.39 Å². The molecular weight excluding hydrogens is 277 g/mol. The molecule has 4 heteroatoms. The predicted octanol–water partition coefficient (Wildman–Crippen LogP) is 4.17. The molecule has 1 N–H and O–H groups in total. The van der Waals surface area contributed by atoms with Gasteiger partial charge >= 0.3 is 0 Å². The van der Waals surface area contributed by atoms with Gasteiger partial charge < -0.3 is 10.1 Å². The number of halogens is 2. The summed E-state index contributed by atoms with van der Waals surface area (Å²) in [5.74, 6) is 0.294. The normalized spacial score (nSPS) is 10.6. The van der Waals surface area contributed by atoms with Crippen molar-refractivity contribution >= 4 is 11.6 Å². The molecule has 0 aliphatic rings. The molecule has 0 aliphatic heterocycles. The summed E-state index contributed by atoms with van der Waals surface area (Å²) in [6.45, 7) is 4.00. The van der Waals surface area contributed by atoms with Gasteiger partial charge in [-0.2, -0.15) is 0 Å². The fourth-order valence-corrected chi connectivity index (χ4v) is 1.99. The third kappa shape index (κ3) is 3.95. The number of ether oxygens (including phenoxy) is 1. The van der Waals surface area contributed by atoms with Crippen LogP contribution in [0.4, 0.5) is 4.39 Å². The minimum atomic E-state index is -0.419. The lowest BCUT2D eigenvalue weighted by molar-refractivity contribution is 0.300. The van der Waals surface area contributed by atoms with Crippen LogP contribution in [-0.4, -0.2) is 6.54 Å². The molecular formula is C16H17ClFNO. The van der Waals surface area contributed by atoms with Gasteiger partial charge in [0.05, 0.1) is 5.02 Å². The van der Waals surface area contributed by atoms with Crippen LogP contribution in [0, 0.1) is 5.82 Å². The molecule has 0 unspecified atom stereocenters. The SMILES string of the molecule is CCNCc1ccc(OCc2cccc(Cl)c2F)cc1. The van der Waals surface area contributed by atoms with Gasteiger partial charge in [-0.05, 0) is 30.3 Å². The second-order valence-corrected chi connectivity index (χ2v) is 4.83. The quantitative estimate of drug-likeness (QED) is 0.863. The Labute approximate surface area is 123 Å². The van der Waals surface area contributed by atoms with Crippen molar-refractivity contribution in [2.45, 2.75) is 20.1 Å². The van der Waals surface area contributed by atoms with Crippen molar-refractivity contribution in [2.24, 2.45) is 0 Å². The summed E-state index contributed by atoms with van der Waals surface area (Å²) in [7, 11) is 0. The lowest BCUT2D eigenvalue weighted by Gasteiger charge is -2.09. The van der Waals surface area contributed by atoms with E-state index in [2.05, 4.69) is 12.2 Å². The lowest BCUT2D eigenvalue weighted by atomic mass is 10.2. The number of benzene rings is 2. The van der Waals surface area contributed by atoms with Crippen molar-refractivity contribution in [3.8, 4) is 5.75 Å². The van der Waals surface area contributed by atoms with Crippen LogP contribution in [0.3, 0.4) is 0 Å². The van der Waals surface area contributed by atoms with E-state index < -0.39 is 5.82 Å². The largest absolute Gasteiger partial charge is 0.489 e. The van der Waals surface area contributed by atoms with Crippen LogP contribution >= 0.6 is 11.6 Å². The molecule has 0 radical (unpaired) electrons. The minimum absolute atomic E-state index is 0.118. The first-order valence-electron chi connectivity index (χ1n) is 6.56. The molecule has 0 amide bonds. The standard InChI is InChI=1S/C16H17ClFNO/c1-2-19-10-12-6-8-14(9-7-12)20-11-13-4-3-5-15(17)16(13)18/h3-9,19H,2,10-11H2,1H3. The highest BCUT2D eigenvalue weighted by atomic mass is 35.5. The summed E-state index contributed by atoms with van der Waals surface area (Å²) in [6.07, 6.45) is 0. The van der Waals surface area contributed by atoms with E-state index in [0.717, 1.165) is 13.1 Å². The van der Waals surface area contributed by atoms with Crippen LogP contribution in [0.5, 0.6) is 5.75 Å². The van der Waals surface area contributed by atoms with Crippen LogP contribution in [0.2, 0.25) is 5.02 Å². The monoisotopic (exact) mass is 293 g/mol. The van der Waals surface area contributed by atoms with Crippen molar-refractivity contribution < 1.29 is 9.13 Å². The highest BCUT2D eigenvalue weighted by Gasteiger charge is 2.06. The minimum Gasteiger partial charge on any atom is -0.489 e. The maximum atomic E-state index is 13.7. The molecule has 0 heterocycles. The summed E-state index contributed by atoms with van der Waals surface area (Å²) in [4.78, 5) is 0. The predicted molar refractivity (Wildman–Crippen MR) is 79.6 cm³/mol. The van der Waals surface area contributed by atoms with E-state index in [1.807, 2.05) is 24.3 Å². The van der Waals surface area contributed by atoms with Gasteiger partial charge in [0.25, 0.3) is 0 Å². The Bertz CT molecular complexity index is 557. The van der Waals surface area contributed by atoms with Crippen LogP contribution in [0.25, 0.3) is 0 Å². The third-order valence-corrected chi connectivity index (χ3v) is 3.22. The van der Waals surface area contributed by atoms with E-state index in [1.54, 1.807) is 12.1 Å². The van der Waals surface area contributed by atoms with Crippen LogP contribution in [0.15, 0.2) is 42.5 Å². The van der Waals surface area contributed by atoms with E-state index >= 15 is 0 Å². The Hall–Kier alpha value is -1.58. The molecule has 2 rings (SSSR count). The molecule has 106 valence electrons. The van der Waals surface area contributed by atoms with Crippen molar-refractivity contribution in [3.63, 3.8) is 0 Å². The van der Waals surface area contributed by atoms with E-state index in [0.29, 0.717) is 11.3 Å². The zero-order valence-electron chi connectivity index (χ0n) is 11.3. The first kappa shape index (κ1) is 14.8. The summed E-state index contributed by atoms with van der Waals surface area (Å²) in [6, 6.07) is 12.7. The maximum absolute atomic E-state index is 13.7. The third-order valence-electron chi connectivity index (χ3n) is 2.93. The second-order valence-electron chi connectivity index (χ2n) is 4.43. The Morgan fingerprint density at radius 1 is 1.15 bits per heavy atom. The molecule has 0 aliphatic carbocycles. The van der Waals surface area contributed by atoms with E-state index in [1.165, 1.54) is 11.6 Å². The van der Waals surface area contributed by atoms with Gasteiger partial charge in [0.1, 0.15) is 18.2 Å². The van der Waals surface area contributed by atoms with Crippen molar-refractivity contribution in [1.29, 1.82) is 0 Å². The lowest BCUT2D eigenvalue weighted by Crippen LogP contribution is -2.11. The molecule has 0 spiro atoms. The van der Waals surface area contributed by atoms with E-state index in [9.17, 15) is 4.39 Å². The second kappa shape index (κ2) is 7.27. The fraction of sp³-hybridized carbons (Fsp3) is 0.250. The van der Waals surface area contributed by atoms with E-state index in [4.69, 9.17) is 16.3 Å². The number of hydrogen-bond donors (Lipinski definition) is 1. The Balaban J connectivity index is 1.95. The highest BCUT2D eigenvalue weighted by molar-refractivity contribution is 6.30. The summed E-state index contributed by atoms with van der Waals surface area (Å²) in [5, 5.41) is 3.37. The average molecular weight is 294 g/mol. The average Bonchev–Trinajstić information content (AvgIpc) is 2.48. The topological polar surface area (TPSA) is 21.3 Å². The molecule has 20 heavy (non-hydrogen) atoms. The van der Waals surface area contributed by atoms with Crippen molar-refractivity contribution in [1.82, 2.24) is 5.32 Å². The van der Waals surface area contributed by atoms with Crippen LogP contribution in [-0.2, 0) is 13.2 Å². The fourth-order valence-electron chi connectivity index (χ4n) is 1.79. The van der Waals surface area contributed by atoms with Crippen LogP contribution in [0.1, 0.15) is 18.1 Å². The van der Waals surface area contributed by atoms with Gasteiger partial charge in [-0.1, -0.05) is 42.8 Å². The molecule has 0 fully saturated rings. The number of hydrogen-bond acceptors (Lipinski definition) is 2. The molecule has 0 saturated carbocycles. The molecule has 0 bridgehead atoms. The Morgan fingerprint density at radius 3 is 2.60 bits per heavy atom.